The molecule has 2 N–H and O–H groups in total. The summed E-state index contributed by atoms with van der Waals surface area (Å²) in [6.45, 7) is 0. The van der Waals surface area contributed by atoms with Crippen molar-refractivity contribution in [2.45, 2.75) is 6.04 Å². The molecule has 0 aliphatic carbocycles. The first-order chi connectivity index (χ1) is 5.22. The molecule has 0 fully saturated rings. The van der Waals surface area contributed by atoms with E-state index in [9.17, 15) is 4.79 Å². The fourth-order valence-electron chi connectivity index (χ4n) is 0.484. The number of carbonyl (C=O) groups excluding carboxylic acids is 1. The van der Waals surface area contributed by atoms with Gasteiger partial charge < -0.3 is 10.5 Å². The normalized spacial score (nSPS) is 12.6. The first-order valence-electron chi connectivity index (χ1n) is 3.19. The number of hydrogen-bond donors (Lipinski definition) is 1. The van der Waals surface area contributed by atoms with Gasteiger partial charge in [0.15, 0.2) is 0 Å². The number of ether oxygens (including phenoxy) is 1. The fraction of sp³-hybridized carbons (Fsp3) is 0.833. The minimum Gasteiger partial charge on any atom is -0.468 e. The minimum absolute atomic E-state index is 0.368. The SMILES string of the molecule is COC(=O)C(N)CSCCCl. The molecular weight excluding hydrogens is 186 g/mol. The van der Waals surface area contributed by atoms with E-state index in [0.29, 0.717) is 11.6 Å². The highest BCUT2D eigenvalue weighted by Gasteiger charge is 2.12. The van der Waals surface area contributed by atoms with Crippen molar-refractivity contribution in [3.8, 4) is 0 Å². The molecule has 0 saturated carbocycles. The Balaban J connectivity index is 3.36. The van der Waals surface area contributed by atoms with Gasteiger partial charge in [0.05, 0.1) is 7.11 Å². The van der Waals surface area contributed by atoms with Crippen LogP contribution in [0.5, 0.6) is 0 Å². The maximum atomic E-state index is 10.7. The molecule has 0 aromatic heterocycles. The van der Waals surface area contributed by atoms with Gasteiger partial charge in [-0.2, -0.15) is 11.8 Å². The molecule has 0 aromatic rings. The average molecular weight is 198 g/mol. The van der Waals surface area contributed by atoms with E-state index >= 15 is 0 Å². The zero-order valence-corrected chi connectivity index (χ0v) is 7.95. The molecule has 0 saturated heterocycles. The van der Waals surface area contributed by atoms with Crippen LogP contribution >= 0.6 is 23.4 Å². The van der Waals surface area contributed by atoms with E-state index in [1.165, 1.54) is 7.11 Å². The summed E-state index contributed by atoms with van der Waals surface area (Å²) in [4.78, 5) is 10.7. The highest BCUT2D eigenvalue weighted by atomic mass is 35.5. The lowest BCUT2D eigenvalue weighted by Crippen LogP contribution is -2.33. The van der Waals surface area contributed by atoms with Crippen molar-refractivity contribution in [2.24, 2.45) is 5.73 Å². The Morgan fingerprint density at radius 3 is 2.91 bits per heavy atom. The molecule has 5 heteroatoms. The molecule has 3 nitrogen and oxygen atoms in total. The summed E-state index contributed by atoms with van der Waals surface area (Å²) >= 11 is 6.97. The van der Waals surface area contributed by atoms with Crippen molar-refractivity contribution < 1.29 is 9.53 Å². The zero-order valence-electron chi connectivity index (χ0n) is 6.38. The predicted molar refractivity (Wildman–Crippen MR) is 48.0 cm³/mol. The minimum atomic E-state index is -0.520. The quantitative estimate of drug-likeness (QED) is 0.395. The van der Waals surface area contributed by atoms with Crippen molar-refractivity contribution in [2.75, 3.05) is 24.5 Å². The van der Waals surface area contributed by atoms with E-state index in [-0.39, 0.29) is 5.97 Å². The van der Waals surface area contributed by atoms with Crippen LogP contribution in [-0.4, -0.2) is 36.5 Å². The lowest BCUT2D eigenvalue weighted by atomic mass is 10.4. The molecular formula is C6H12ClNO2S. The molecule has 0 aromatic carbocycles. The second-order valence-corrected chi connectivity index (χ2v) is 3.42. The second kappa shape index (κ2) is 6.76. The first-order valence-corrected chi connectivity index (χ1v) is 4.88. The molecule has 0 spiro atoms. The summed E-state index contributed by atoms with van der Waals surface area (Å²) in [7, 11) is 1.33. The predicted octanol–water partition coefficient (Wildman–Crippen LogP) is 0.459. The van der Waals surface area contributed by atoms with Gasteiger partial charge in [-0.05, 0) is 0 Å². The van der Waals surface area contributed by atoms with Crippen LogP contribution in [0.3, 0.4) is 0 Å². The third-order valence-electron chi connectivity index (χ3n) is 1.02. The van der Waals surface area contributed by atoms with Gasteiger partial charge in [0.2, 0.25) is 0 Å². The zero-order chi connectivity index (χ0) is 8.69. The van der Waals surface area contributed by atoms with Crippen LogP contribution in [-0.2, 0) is 9.53 Å². The van der Waals surface area contributed by atoms with Crippen LogP contribution < -0.4 is 5.73 Å². The standard InChI is InChI=1S/C6H12ClNO2S/c1-10-6(9)5(8)4-11-3-2-7/h5H,2-4,8H2,1H3. The number of esters is 1. The Morgan fingerprint density at radius 2 is 2.45 bits per heavy atom. The summed E-state index contributed by atoms with van der Waals surface area (Å²) in [5.41, 5.74) is 5.43. The Morgan fingerprint density at radius 1 is 1.82 bits per heavy atom. The van der Waals surface area contributed by atoms with Gasteiger partial charge in [0, 0.05) is 17.4 Å². The molecule has 0 aliphatic rings. The van der Waals surface area contributed by atoms with E-state index in [1.54, 1.807) is 11.8 Å². The smallest absolute Gasteiger partial charge is 0.323 e. The fourth-order valence-corrected chi connectivity index (χ4v) is 1.48. The molecule has 0 aliphatic heterocycles. The summed E-state index contributed by atoms with van der Waals surface area (Å²) in [5.74, 6) is 1.59. The van der Waals surface area contributed by atoms with Crippen LogP contribution in [0.2, 0.25) is 0 Å². The highest BCUT2D eigenvalue weighted by molar-refractivity contribution is 7.99. The van der Waals surface area contributed by atoms with E-state index in [4.69, 9.17) is 17.3 Å². The van der Waals surface area contributed by atoms with Crippen LogP contribution in [0.15, 0.2) is 0 Å². The Hall–Kier alpha value is 0.0700. The second-order valence-electron chi connectivity index (χ2n) is 1.89. The van der Waals surface area contributed by atoms with E-state index in [2.05, 4.69) is 4.74 Å². The number of carbonyl (C=O) groups is 1. The number of methoxy groups -OCH3 is 1. The van der Waals surface area contributed by atoms with E-state index in [1.807, 2.05) is 0 Å². The summed E-state index contributed by atoms with van der Waals surface area (Å²) in [6.07, 6.45) is 0. The third-order valence-corrected chi connectivity index (χ3v) is 2.52. The number of hydrogen-bond acceptors (Lipinski definition) is 4. The topological polar surface area (TPSA) is 52.3 Å². The number of halogens is 1. The monoisotopic (exact) mass is 197 g/mol. The van der Waals surface area contributed by atoms with Crippen LogP contribution in [0.1, 0.15) is 0 Å². The maximum absolute atomic E-state index is 10.7. The summed E-state index contributed by atoms with van der Waals surface area (Å²) < 4.78 is 4.43. The largest absolute Gasteiger partial charge is 0.468 e. The lowest BCUT2D eigenvalue weighted by molar-refractivity contribution is -0.141. The molecule has 66 valence electrons. The summed E-state index contributed by atoms with van der Waals surface area (Å²) in [5, 5.41) is 0. The van der Waals surface area contributed by atoms with Crippen molar-refractivity contribution in [1.29, 1.82) is 0 Å². The average Bonchev–Trinajstić information content (AvgIpc) is 2.03. The van der Waals surface area contributed by atoms with Gasteiger partial charge in [-0.3, -0.25) is 4.79 Å². The Bertz CT molecular complexity index is 123. The van der Waals surface area contributed by atoms with E-state index in [0.717, 1.165) is 5.75 Å². The Labute approximate surface area is 75.6 Å². The van der Waals surface area contributed by atoms with Crippen LogP contribution in [0.4, 0.5) is 0 Å². The molecule has 1 unspecified atom stereocenters. The van der Waals surface area contributed by atoms with Crippen LogP contribution in [0.25, 0.3) is 0 Å². The number of alkyl halides is 1. The number of nitrogens with two attached hydrogens (primary N) is 1. The van der Waals surface area contributed by atoms with Crippen molar-refractivity contribution >= 4 is 29.3 Å². The molecule has 0 heterocycles. The highest BCUT2D eigenvalue weighted by Crippen LogP contribution is 2.02. The Kier molecular flexibility index (Phi) is 6.80. The molecule has 0 bridgehead atoms. The molecule has 0 amide bonds. The van der Waals surface area contributed by atoms with Gasteiger partial charge in [0.25, 0.3) is 0 Å². The maximum Gasteiger partial charge on any atom is 0.323 e. The lowest BCUT2D eigenvalue weighted by Gasteiger charge is -2.06. The first kappa shape index (κ1) is 11.1. The third kappa shape index (κ3) is 5.35. The van der Waals surface area contributed by atoms with Gasteiger partial charge >= 0.3 is 5.97 Å². The molecule has 0 rings (SSSR count). The van der Waals surface area contributed by atoms with Crippen molar-refractivity contribution in [3.63, 3.8) is 0 Å². The number of thioether (sulfide) groups is 1. The van der Waals surface area contributed by atoms with E-state index < -0.39 is 6.04 Å². The van der Waals surface area contributed by atoms with Gasteiger partial charge in [-0.25, -0.2) is 0 Å². The van der Waals surface area contributed by atoms with Crippen molar-refractivity contribution in [3.05, 3.63) is 0 Å². The van der Waals surface area contributed by atoms with Crippen molar-refractivity contribution in [1.82, 2.24) is 0 Å². The van der Waals surface area contributed by atoms with Gasteiger partial charge in [-0.1, -0.05) is 0 Å². The number of rotatable bonds is 5. The van der Waals surface area contributed by atoms with Gasteiger partial charge in [-0.15, -0.1) is 11.6 Å². The molecule has 11 heavy (non-hydrogen) atoms. The molecule has 0 radical (unpaired) electrons. The summed E-state index contributed by atoms with van der Waals surface area (Å²) in [6, 6.07) is -0.520. The van der Waals surface area contributed by atoms with Crippen LogP contribution in [0, 0.1) is 0 Å². The molecule has 1 atom stereocenters. The van der Waals surface area contributed by atoms with Gasteiger partial charge in [0.1, 0.15) is 6.04 Å².